The van der Waals surface area contributed by atoms with Crippen molar-refractivity contribution in [3.8, 4) is 28.7 Å². The number of methoxy groups -OCH3 is 1. The fourth-order valence-electron chi connectivity index (χ4n) is 2.28. The summed E-state index contributed by atoms with van der Waals surface area (Å²) in [5.74, 6) is -1.40. The zero-order valence-electron chi connectivity index (χ0n) is 13.6. The number of carbonyl (C=O) groups is 2. The van der Waals surface area contributed by atoms with Crippen LogP contribution in [0.1, 0.15) is 15.9 Å². The number of carboxylic acids is 1. The first-order valence-electron chi connectivity index (χ1n) is 7.42. The van der Waals surface area contributed by atoms with Crippen molar-refractivity contribution in [1.82, 2.24) is 0 Å². The molecule has 0 amide bonds. The first-order chi connectivity index (χ1) is 12.5. The lowest BCUT2D eigenvalue weighted by Crippen LogP contribution is -2.08. The monoisotopic (exact) mass is 358 g/mol. The van der Waals surface area contributed by atoms with E-state index in [-0.39, 0.29) is 35.4 Å². The molecule has 134 valence electrons. The summed E-state index contributed by atoms with van der Waals surface area (Å²) >= 11 is 0. The SMILES string of the molecule is COc1cc(C=CC(=O)Oc2cc3c(cc2C(=O)O)OCO3)ccc1O. The van der Waals surface area contributed by atoms with Gasteiger partial charge in [-0.15, -0.1) is 0 Å². The van der Waals surface area contributed by atoms with Crippen molar-refractivity contribution >= 4 is 18.0 Å². The topological polar surface area (TPSA) is 112 Å². The molecule has 3 rings (SSSR count). The summed E-state index contributed by atoms with van der Waals surface area (Å²) in [6, 6.07) is 7.06. The van der Waals surface area contributed by atoms with E-state index in [4.69, 9.17) is 18.9 Å². The number of hydrogen-bond donors (Lipinski definition) is 2. The van der Waals surface area contributed by atoms with E-state index in [2.05, 4.69) is 0 Å². The van der Waals surface area contributed by atoms with E-state index in [0.717, 1.165) is 6.08 Å². The number of ether oxygens (including phenoxy) is 4. The fraction of sp³-hybridized carbons (Fsp3) is 0.111. The second-order valence-corrected chi connectivity index (χ2v) is 5.19. The van der Waals surface area contributed by atoms with Gasteiger partial charge in [0.1, 0.15) is 11.3 Å². The number of carbonyl (C=O) groups excluding carboxylic acids is 1. The predicted molar refractivity (Wildman–Crippen MR) is 88.9 cm³/mol. The van der Waals surface area contributed by atoms with Crippen LogP contribution in [0.3, 0.4) is 0 Å². The lowest BCUT2D eigenvalue weighted by Gasteiger charge is -2.07. The number of aromatic carboxylic acids is 1. The van der Waals surface area contributed by atoms with E-state index in [1.165, 1.54) is 37.5 Å². The van der Waals surface area contributed by atoms with Gasteiger partial charge in [-0.3, -0.25) is 0 Å². The molecule has 0 bridgehead atoms. The second-order valence-electron chi connectivity index (χ2n) is 5.19. The summed E-state index contributed by atoms with van der Waals surface area (Å²) in [4.78, 5) is 23.4. The minimum Gasteiger partial charge on any atom is -0.504 e. The molecule has 1 heterocycles. The Morgan fingerprint density at radius 2 is 1.85 bits per heavy atom. The van der Waals surface area contributed by atoms with Crippen LogP contribution in [-0.2, 0) is 4.79 Å². The van der Waals surface area contributed by atoms with Crippen molar-refractivity contribution in [3.63, 3.8) is 0 Å². The van der Waals surface area contributed by atoms with Gasteiger partial charge in [0, 0.05) is 18.2 Å². The van der Waals surface area contributed by atoms with Crippen molar-refractivity contribution in [3.05, 3.63) is 47.5 Å². The van der Waals surface area contributed by atoms with Gasteiger partial charge in [0.05, 0.1) is 7.11 Å². The summed E-state index contributed by atoms with van der Waals surface area (Å²) in [6.07, 6.45) is 2.57. The average molecular weight is 358 g/mol. The summed E-state index contributed by atoms with van der Waals surface area (Å²) in [7, 11) is 1.41. The molecule has 2 aromatic rings. The second kappa shape index (κ2) is 7.06. The molecule has 26 heavy (non-hydrogen) atoms. The molecular formula is C18H14O8. The van der Waals surface area contributed by atoms with Crippen molar-refractivity contribution in [2.75, 3.05) is 13.9 Å². The van der Waals surface area contributed by atoms with E-state index >= 15 is 0 Å². The Kier molecular flexibility index (Phi) is 4.66. The predicted octanol–water partition coefficient (Wildman–Crippen LogP) is 2.45. The highest BCUT2D eigenvalue weighted by Crippen LogP contribution is 2.38. The largest absolute Gasteiger partial charge is 0.504 e. The number of benzene rings is 2. The fourth-order valence-corrected chi connectivity index (χ4v) is 2.28. The lowest BCUT2D eigenvalue weighted by atomic mass is 10.1. The van der Waals surface area contributed by atoms with Gasteiger partial charge < -0.3 is 29.2 Å². The Bertz CT molecular complexity index is 900. The number of rotatable bonds is 5. The maximum absolute atomic E-state index is 12.0. The Morgan fingerprint density at radius 3 is 2.54 bits per heavy atom. The molecule has 8 heteroatoms. The highest BCUT2D eigenvalue weighted by atomic mass is 16.7. The summed E-state index contributed by atoms with van der Waals surface area (Å²) in [6.45, 7) is -0.0334. The van der Waals surface area contributed by atoms with Crippen molar-refractivity contribution < 1.29 is 38.7 Å². The number of esters is 1. The van der Waals surface area contributed by atoms with Crippen LogP contribution in [0, 0.1) is 0 Å². The quantitative estimate of drug-likeness (QED) is 0.476. The molecule has 0 spiro atoms. The van der Waals surface area contributed by atoms with Crippen molar-refractivity contribution in [2.45, 2.75) is 0 Å². The number of hydrogen-bond acceptors (Lipinski definition) is 7. The Labute approximate surface area is 147 Å². The minimum absolute atomic E-state index is 0.0290. The van der Waals surface area contributed by atoms with Crippen LogP contribution in [0.15, 0.2) is 36.4 Å². The highest BCUT2D eigenvalue weighted by molar-refractivity contribution is 5.95. The Hall–Kier alpha value is -3.68. The van der Waals surface area contributed by atoms with Crippen LogP contribution in [0.2, 0.25) is 0 Å². The standard InChI is InChI=1S/C18H14O8/c1-23-14-6-10(2-4-12(14)19)3-5-17(20)26-13-8-16-15(24-9-25-16)7-11(13)18(21)22/h2-8,19H,9H2,1H3,(H,21,22). The lowest BCUT2D eigenvalue weighted by molar-refractivity contribution is -0.128. The maximum atomic E-state index is 12.0. The first-order valence-corrected chi connectivity index (χ1v) is 7.42. The number of phenolic OH excluding ortho intramolecular Hbond substituents is 1. The third kappa shape index (κ3) is 3.54. The normalized spacial score (nSPS) is 12.2. The van der Waals surface area contributed by atoms with Gasteiger partial charge in [0.2, 0.25) is 6.79 Å². The van der Waals surface area contributed by atoms with Gasteiger partial charge in [-0.1, -0.05) is 6.07 Å². The van der Waals surface area contributed by atoms with E-state index < -0.39 is 11.9 Å². The van der Waals surface area contributed by atoms with Crippen LogP contribution in [-0.4, -0.2) is 36.1 Å². The minimum atomic E-state index is -1.27. The summed E-state index contributed by atoms with van der Waals surface area (Å²) < 4.78 is 20.4. The van der Waals surface area contributed by atoms with E-state index in [0.29, 0.717) is 11.3 Å². The molecule has 1 aliphatic rings. The molecule has 0 aromatic heterocycles. The van der Waals surface area contributed by atoms with Gasteiger partial charge in [0.25, 0.3) is 0 Å². The number of phenols is 1. The van der Waals surface area contributed by atoms with E-state index in [1.807, 2.05) is 0 Å². The molecule has 0 saturated carbocycles. The molecule has 2 aromatic carbocycles. The maximum Gasteiger partial charge on any atom is 0.339 e. The van der Waals surface area contributed by atoms with Gasteiger partial charge >= 0.3 is 11.9 Å². The van der Waals surface area contributed by atoms with Crippen LogP contribution in [0.4, 0.5) is 0 Å². The molecule has 0 aliphatic carbocycles. The molecular weight excluding hydrogens is 344 g/mol. The van der Waals surface area contributed by atoms with Crippen LogP contribution in [0.5, 0.6) is 28.7 Å². The van der Waals surface area contributed by atoms with Gasteiger partial charge in [0.15, 0.2) is 23.0 Å². The van der Waals surface area contributed by atoms with E-state index in [1.54, 1.807) is 6.07 Å². The third-order valence-electron chi connectivity index (χ3n) is 3.53. The molecule has 8 nitrogen and oxygen atoms in total. The number of aromatic hydroxyl groups is 1. The van der Waals surface area contributed by atoms with Crippen molar-refractivity contribution in [2.24, 2.45) is 0 Å². The molecule has 0 atom stereocenters. The molecule has 1 aliphatic heterocycles. The Morgan fingerprint density at radius 1 is 1.12 bits per heavy atom. The zero-order valence-corrected chi connectivity index (χ0v) is 13.6. The van der Waals surface area contributed by atoms with Crippen LogP contribution >= 0.6 is 0 Å². The highest BCUT2D eigenvalue weighted by Gasteiger charge is 2.22. The molecule has 0 unspecified atom stereocenters. The third-order valence-corrected chi connectivity index (χ3v) is 3.53. The smallest absolute Gasteiger partial charge is 0.339 e. The van der Waals surface area contributed by atoms with Crippen molar-refractivity contribution in [1.29, 1.82) is 0 Å². The number of carboxylic acid groups (broad SMARTS) is 1. The summed E-state index contributed by atoms with van der Waals surface area (Å²) in [5, 5.41) is 18.8. The molecule has 0 saturated heterocycles. The zero-order chi connectivity index (χ0) is 18.7. The average Bonchev–Trinajstić information content (AvgIpc) is 3.07. The van der Waals surface area contributed by atoms with Crippen LogP contribution < -0.4 is 18.9 Å². The molecule has 2 N–H and O–H groups in total. The number of fused-ring (bicyclic) bond motifs is 1. The van der Waals surface area contributed by atoms with E-state index in [9.17, 15) is 19.8 Å². The first kappa shape index (κ1) is 17.2. The van der Waals surface area contributed by atoms with Gasteiger partial charge in [-0.2, -0.15) is 0 Å². The van der Waals surface area contributed by atoms with Gasteiger partial charge in [-0.05, 0) is 23.8 Å². The Balaban J connectivity index is 1.79. The summed E-state index contributed by atoms with van der Waals surface area (Å²) in [5.41, 5.74) is 0.364. The van der Waals surface area contributed by atoms with Gasteiger partial charge in [-0.25, -0.2) is 9.59 Å². The van der Waals surface area contributed by atoms with Crippen LogP contribution in [0.25, 0.3) is 6.08 Å². The molecule has 0 fully saturated rings. The molecule has 0 radical (unpaired) electrons.